The van der Waals surface area contributed by atoms with Gasteiger partial charge in [0.1, 0.15) is 0 Å². The van der Waals surface area contributed by atoms with E-state index in [1.54, 1.807) is 4.90 Å². The minimum absolute atomic E-state index is 0.0353. The average Bonchev–Trinajstić information content (AvgIpc) is 2.74. The molecular formula is C13H17N3O2. The molecule has 1 atom stereocenters. The van der Waals surface area contributed by atoms with E-state index in [0.29, 0.717) is 6.54 Å². The van der Waals surface area contributed by atoms with Gasteiger partial charge in [-0.1, -0.05) is 6.07 Å². The number of hydrogen-bond donors (Lipinski definition) is 2. The number of nitrogens with one attached hydrogen (secondary N) is 1. The fraction of sp³-hybridized carbons (Fsp3) is 0.385. The molecule has 0 saturated carbocycles. The molecule has 1 aromatic rings. The molecule has 2 rings (SSSR count). The lowest BCUT2D eigenvalue weighted by Crippen LogP contribution is -2.37. The van der Waals surface area contributed by atoms with Crippen LogP contribution < -0.4 is 16.2 Å². The summed E-state index contributed by atoms with van der Waals surface area (Å²) in [5, 5.41) is 0. The summed E-state index contributed by atoms with van der Waals surface area (Å²) in [5.41, 5.74) is 5.26. The molecule has 1 heterocycles. The largest absolute Gasteiger partial charge is 0.312 e. The third-order valence-electron chi connectivity index (χ3n) is 3.44. The van der Waals surface area contributed by atoms with Crippen LogP contribution in [0.4, 0.5) is 5.69 Å². The van der Waals surface area contributed by atoms with Gasteiger partial charge in [-0.25, -0.2) is 5.84 Å². The first-order chi connectivity index (χ1) is 8.52. The number of anilines is 1. The van der Waals surface area contributed by atoms with Gasteiger partial charge in [0.05, 0.1) is 5.92 Å². The Morgan fingerprint density at radius 2 is 2.11 bits per heavy atom. The molecule has 1 fully saturated rings. The minimum atomic E-state index is -0.357. The first kappa shape index (κ1) is 12.6. The number of amides is 2. The van der Waals surface area contributed by atoms with Crippen LogP contribution in [0, 0.1) is 19.8 Å². The number of nitrogens with zero attached hydrogens (tertiary/aromatic N) is 1. The summed E-state index contributed by atoms with van der Waals surface area (Å²) in [6.07, 6.45) is 0.218. The zero-order valence-electron chi connectivity index (χ0n) is 10.6. The highest BCUT2D eigenvalue weighted by Crippen LogP contribution is 2.26. The van der Waals surface area contributed by atoms with Crippen LogP contribution in [0.25, 0.3) is 0 Å². The van der Waals surface area contributed by atoms with E-state index < -0.39 is 0 Å². The maximum atomic E-state index is 11.9. The predicted octanol–water partition coefficient (Wildman–Crippen LogP) is 0.646. The zero-order valence-corrected chi connectivity index (χ0v) is 10.6. The van der Waals surface area contributed by atoms with E-state index >= 15 is 0 Å². The van der Waals surface area contributed by atoms with Crippen LogP contribution in [0.15, 0.2) is 18.2 Å². The highest BCUT2D eigenvalue weighted by molar-refractivity contribution is 6.00. The van der Waals surface area contributed by atoms with Crippen LogP contribution in [0.1, 0.15) is 17.5 Å². The molecule has 18 heavy (non-hydrogen) atoms. The molecule has 3 N–H and O–H groups in total. The van der Waals surface area contributed by atoms with Gasteiger partial charge in [0.25, 0.3) is 0 Å². The second-order valence-corrected chi connectivity index (χ2v) is 4.68. The molecule has 0 bridgehead atoms. The van der Waals surface area contributed by atoms with Gasteiger partial charge in [-0.2, -0.15) is 0 Å². The third kappa shape index (κ3) is 2.22. The smallest absolute Gasteiger partial charge is 0.239 e. The number of hydrogen-bond acceptors (Lipinski definition) is 3. The van der Waals surface area contributed by atoms with E-state index in [1.165, 1.54) is 5.56 Å². The molecule has 5 heteroatoms. The molecule has 0 spiro atoms. The summed E-state index contributed by atoms with van der Waals surface area (Å²) in [7, 11) is 0. The van der Waals surface area contributed by atoms with E-state index in [9.17, 15) is 9.59 Å². The Bertz CT molecular complexity index is 499. The van der Waals surface area contributed by atoms with Crippen molar-refractivity contribution in [3.8, 4) is 0 Å². The van der Waals surface area contributed by atoms with Crippen LogP contribution in [0.3, 0.4) is 0 Å². The lowest BCUT2D eigenvalue weighted by Gasteiger charge is -2.17. The number of nitrogens with two attached hydrogens (primary N) is 1. The van der Waals surface area contributed by atoms with Crippen molar-refractivity contribution in [3.05, 3.63) is 29.3 Å². The molecule has 1 saturated heterocycles. The molecular weight excluding hydrogens is 230 g/mol. The molecule has 1 aliphatic heterocycles. The first-order valence-electron chi connectivity index (χ1n) is 5.91. The SMILES string of the molecule is Cc1ccc(N2C[C@@H](C(=O)NN)CC2=O)cc1C. The van der Waals surface area contributed by atoms with Crippen LogP contribution in [-0.2, 0) is 9.59 Å². The quantitative estimate of drug-likeness (QED) is 0.457. The number of benzene rings is 1. The van der Waals surface area contributed by atoms with Gasteiger partial charge in [0, 0.05) is 18.7 Å². The Morgan fingerprint density at radius 3 is 2.72 bits per heavy atom. The number of rotatable bonds is 2. The number of carbonyl (C=O) groups is 2. The maximum Gasteiger partial charge on any atom is 0.239 e. The second-order valence-electron chi connectivity index (χ2n) is 4.68. The molecule has 0 radical (unpaired) electrons. The Balaban J connectivity index is 2.21. The number of hydrazine groups is 1. The van der Waals surface area contributed by atoms with Gasteiger partial charge in [-0.3, -0.25) is 15.0 Å². The standard InChI is InChI=1S/C13H17N3O2/c1-8-3-4-11(5-9(8)2)16-7-10(6-12(16)17)13(18)15-14/h3-5,10H,6-7,14H2,1-2H3,(H,15,18)/t10-/m0/s1. The highest BCUT2D eigenvalue weighted by Gasteiger charge is 2.34. The second kappa shape index (κ2) is 4.78. The zero-order chi connectivity index (χ0) is 13.3. The van der Waals surface area contributed by atoms with E-state index in [0.717, 1.165) is 11.3 Å². The lowest BCUT2D eigenvalue weighted by atomic mass is 10.1. The summed E-state index contributed by atoms with van der Waals surface area (Å²) < 4.78 is 0. The molecule has 1 aromatic carbocycles. The van der Waals surface area contributed by atoms with E-state index in [-0.39, 0.29) is 24.2 Å². The maximum absolute atomic E-state index is 11.9. The number of aryl methyl sites for hydroxylation is 2. The Hall–Kier alpha value is -1.88. The summed E-state index contributed by atoms with van der Waals surface area (Å²) in [6.45, 7) is 4.42. The molecule has 5 nitrogen and oxygen atoms in total. The molecule has 0 aliphatic carbocycles. The lowest BCUT2D eigenvalue weighted by molar-refractivity contribution is -0.126. The van der Waals surface area contributed by atoms with E-state index in [2.05, 4.69) is 5.43 Å². The Morgan fingerprint density at radius 1 is 1.39 bits per heavy atom. The van der Waals surface area contributed by atoms with Crippen molar-refractivity contribution in [2.45, 2.75) is 20.3 Å². The minimum Gasteiger partial charge on any atom is -0.312 e. The van der Waals surface area contributed by atoms with Crippen molar-refractivity contribution in [3.63, 3.8) is 0 Å². The molecule has 0 unspecified atom stereocenters. The van der Waals surface area contributed by atoms with Gasteiger partial charge in [-0.15, -0.1) is 0 Å². The average molecular weight is 247 g/mol. The van der Waals surface area contributed by atoms with Crippen LogP contribution in [0.5, 0.6) is 0 Å². The van der Waals surface area contributed by atoms with Crippen molar-refractivity contribution < 1.29 is 9.59 Å². The molecule has 96 valence electrons. The molecule has 0 aromatic heterocycles. The van der Waals surface area contributed by atoms with Crippen molar-refractivity contribution >= 4 is 17.5 Å². The summed E-state index contributed by atoms with van der Waals surface area (Å²) in [5.74, 6) is 4.42. The van der Waals surface area contributed by atoms with Crippen LogP contribution in [-0.4, -0.2) is 18.4 Å². The first-order valence-corrected chi connectivity index (χ1v) is 5.91. The molecule has 2 amide bonds. The third-order valence-corrected chi connectivity index (χ3v) is 3.44. The van der Waals surface area contributed by atoms with Gasteiger partial charge in [0.2, 0.25) is 11.8 Å². The Kier molecular flexibility index (Phi) is 3.34. The Labute approximate surface area is 106 Å². The topological polar surface area (TPSA) is 75.4 Å². The van der Waals surface area contributed by atoms with Gasteiger partial charge in [-0.05, 0) is 37.1 Å². The van der Waals surface area contributed by atoms with Gasteiger partial charge in [0.15, 0.2) is 0 Å². The highest BCUT2D eigenvalue weighted by atomic mass is 16.2. The predicted molar refractivity (Wildman–Crippen MR) is 68.7 cm³/mol. The van der Waals surface area contributed by atoms with E-state index in [1.807, 2.05) is 32.0 Å². The number of carbonyl (C=O) groups excluding carboxylic acids is 2. The molecule has 1 aliphatic rings. The van der Waals surface area contributed by atoms with Crippen molar-refractivity contribution in [1.82, 2.24) is 5.43 Å². The summed E-state index contributed by atoms with van der Waals surface area (Å²) in [4.78, 5) is 25.0. The van der Waals surface area contributed by atoms with Crippen LogP contribution >= 0.6 is 0 Å². The van der Waals surface area contributed by atoms with Crippen molar-refractivity contribution in [2.75, 3.05) is 11.4 Å². The summed E-state index contributed by atoms with van der Waals surface area (Å²) >= 11 is 0. The monoisotopic (exact) mass is 247 g/mol. The van der Waals surface area contributed by atoms with Crippen molar-refractivity contribution in [1.29, 1.82) is 0 Å². The van der Waals surface area contributed by atoms with Crippen molar-refractivity contribution in [2.24, 2.45) is 11.8 Å². The normalized spacial score (nSPS) is 19.2. The van der Waals surface area contributed by atoms with Gasteiger partial charge >= 0.3 is 0 Å². The van der Waals surface area contributed by atoms with Gasteiger partial charge < -0.3 is 4.90 Å². The summed E-state index contributed by atoms with van der Waals surface area (Å²) in [6, 6.07) is 5.85. The fourth-order valence-electron chi connectivity index (χ4n) is 2.14. The van der Waals surface area contributed by atoms with Crippen LogP contribution in [0.2, 0.25) is 0 Å². The van der Waals surface area contributed by atoms with E-state index in [4.69, 9.17) is 5.84 Å². The fourth-order valence-corrected chi connectivity index (χ4v) is 2.14.